The Morgan fingerprint density at radius 2 is 2.07 bits per heavy atom. The van der Waals surface area contributed by atoms with Gasteiger partial charge in [-0.1, -0.05) is 24.5 Å². The van der Waals surface area contributed by atoms with Gasteiger partial charge in [-0.2, -0.15) is 0 Å². The van der Waals surface area contributed by atoms with E-state index in [1.165, 1.54) is 31.3 Å². The molecule has 2 bridgehead atoms. The molecule has 0 amide bonds. The maximum Gasteiger partial charge on any atom is 0.300 e. The molecule has 0 heterocycles. The average Bonchev–Trinajstić information content (AvgIpc) is 2.46. The lowest BCUT2D eigenvalue weighted by Gasteiger charge is -2.24. The van der Waals surface area contributed by atoms with Crippen molar-refractivity contribution in [2.75, 3.05) is 0 Å². The van der Waals surface area contributed by atoms with E-state index < -0.39 is 5.97 Å². The summed E-state index contributed by atoms with van der Waals surface area (Å²) in [5.74, 6) is -0.833. The topological polar surface area (TPSA) is 57.5 Å². The third-order valence-corrected chi connectivity index (χ3v) is 2.97. The summed E-state index contributed by atoms with van der Waals surface area (Å²) < 4.78 is 0. The number of fused-ring (bicyclic) bond motifs is 2. The van der Waals surface area contributed by atoms with Gasteiger partial charge in [0, 0.05) is 6.92 Å². The first-order valence-corrected chi connectivity index (χ1v) is 5.62. The maximum atomic E-state index is 9.97. The van der Waals surface area contributed by atoms with Gasteiger partial charge in [0.1, 0.15) is 0 Å². The summed E-state index contributed by atoms with van der Waals surface area (Å²) in [7, 11) is 0. The van der Waals surface area contributed by atoms with Crippen molar-refractivity contribution >= 4 is 5.97 Å². The Balaban J connectivity index is 0.000000245. The van der Waals surface area contributed by atoms with Crippen LogP contribution in [0, 0.1) is 0 Å². The highest BCUT2D eigenvalue weighted by Gasteiger charge is 2.31. The molecule has 0 spiro atoms. The number of carbonyl (C=O) groups is 1. The SMILES string of the molecule is CC(=O)O.OC12CC=C(CCCCC1)C2. The van der Waals surface area contributed by atoms with Gasteiger partial charge in [0.25, 0.3) is 5.97 Å². The van der Waals surface area contributed by atoms with E-state index in [1.54, 1.807) is 0 Å². The molecule has 86 valence electrons. The molecule has 0 aromatic rings. The number of hydrogen-bond donors (Lipinski definition) is 2. The minimum absolute atomic E-state index is 0.324. The third-order valence-electron chi connectivity index (χ3n) is 2.97. The molecule has 1 atom stereocenters. The van der Waals surface area contributed by atoms with Crippen LogP contribution in [0.2, 0.25) is 0 Å². The lowest BCUT2D eigenvalue weighted by molar-refractivity contribution is -0.134. The molecule has 2 N–H and O–H groups in total. The van der Waals surface area contributed by atoms with Crippen LogP contribution in [0.4, 0.5) is 0 Å². The van der Waals surface area contributed by atoms with Crippen molar-refractivity contribution < 1.29 is 15.0 Å². The van der Waals surface area contributed by atoms with E-state index in [0.29, 0.717) is 0 Å². The van der Waals surface area contributed by atoms with Gasteiger partial charge in [0.05, 0.1) is 5.60 Å². The fourth-order valence-corrected chi connectivity index (χ4v) is 2.27. The summed E-state index contributed by atoms with van der Waals surface area (Å²) in [4.78, 5) is 9.00. The van der Waals surface area contributed by atoms with Crippen molar-refractivity contribution in [3.63, 3.8) is 0 Å². The van der Waals surface area contributed by atoms with Crippen LogP contribution in [0.25, 0.3) is 0 Å². The van der Waals surface area contributed by atoms with E-state index in [-0.39, 0.29) is 5.60 Å². The highest BCUT2D eigenvalue weighted by molar-refractivity contribution is 5.62. The Labute approximate surface area is 90.8 Å². The van der Waals surface area contributed by atoms with E-state index in [4.69, 9.17) is 9.90 Å². The van der Waals surface area contributed by atoms with E-state index in [2.05, 4.69) is 6.08 Å². The molecule has 2 aliphatic rings. The first-order chi connectivity index (χ1) is 7.02. The van der Waals surface area contributed by atoms with Crippen LogP contribution in [0.5, 0.6) is 0 Å². The minimum Gasteiger partial charge on any atom is -0.481 e. The fraction of sp³-hybridized carbons (Fsp3) is 0.750. The quantitative estimate of drug-likeness (QED) is 0.606. The van der Waals surface area contributed by atoms with Crippen molar-refractivity contribution in [2.45, 2.75) is 57.5 Å². The van der Waals surface area contributed by atoms with Crippen LogP contribution >= 0.6 is 0 Å². The Morgan fingerprint density at radius 1 is 1.40 bits per heavy atom. The van der Waals surface area contributed by atoms with Crippen LogP contribution in [0.1, 0.15) is 51.9 Å². The van der Waals surface area contributed by atoms with Gasteiger partial charge in [-0.15, -0.1) is 0 Å². The van der Waals surface area contributed by atoms with Crippen molar-refractivity contribution in [3.05, 3.63) is 11.6 Å². The Hall–Kier alpha value is -0.830. The second kappa shape index (κ2) is 5.31. The predicted octanol–water partition coefficient (Wildman–Crippen LogP) is 2.49. The van der Waals surface area contributed by atoms with Gasteiger partial charge in [0.15, 0.2) is 0 Å². The van der Waals surface area contributed by atoms with E-state index in [9.17, 15) is 5.11 Å². The molecular formula is C12H20O3. The molecule has 0 aliphatic heterocycles. The van der Waals surface area contributed by atoms with E-state index in [0.717, 1.165) is 26.2 Å². The lowest BCUT2D eigenvalue weighted by atomic mass is 9.89. The second-order valence-electron chi connectivity index (χ2n) is 4.55. The largest absolute Gasteiger partial charge is 0.481 e. The second-order valence-corrected chi connectivity index (χ2v) is 4.55. The molecule has 15 heavy (non-hydrogen) atoms. The van der Waals surface area contributed by atoms with Gasteiger partial charge in [-0.25, -0.2) is 0 Å². The van der Waals surface area contributed by atoms with Gasteiger partial charge < -0.3 is 10.2 Å². The van der Waals surface area contributed by atoms with Gasteiger partial charge in [0.2, 0.25) is 0 Å². The van der Waals surface area contributed by atoms with Crippen LogP contribution in [0.3, 0.4) is 0 Å². The number of carboxylic acid groups (broad SMARTS) is 1. The number of hydrogen-bond acceptors (Lipinski definition) is 2. The Kier molecular flexibility index (Phi) is 4.33. The van der Waals surface area contributed by atoms with E-state index in [1.807, 2.05) is 0 Å². The van der Waals surface area contributed by atoms with Crippen molar-refractivity contribution in [1.29, 1.82) is 0 Å². The standard InChI is InChI=1S/C10H16O.C2H4O2/c11-10-6-3-1-2-4-9(8-10)5-7-10;1-2(3)4/h5,11H,1-4,6-8H2;1H3,(H,3,4). The molecule has 1 fully saturated rings. The summed E-state index contributed by atoms with van der Waals surface area (Å²) in [6.07, 6.45) is 10.3. The lowest BCUT2D eigenvalue weighted by Crippen LogP contribution is -2.25. The summed E-state index contributed by atoms with van der Waals surface area (Å²) in [5.41, 5.74) is 1.18. The van der Waals surface area contributed by atoms with Gasteiger partial charge >= 0.3 is 0 Å². The van der Waals surface area contributed by atoms with Crippen molar-refractivity contribution in [1.82, 2.24) is 0 Å². The fourth-order valence-electron chi connectivity index (χ4n) is 2.27. The Morgan fingerprint density at radius 3 is 2.73 bits per heavy atom. The summed E-state index contributed by atoms with van der Waals surface area (Å²) in [6, 6.07) is 0. The first kappa shape index (κ1) is 12.2. The molecule has 1 saturated carbocycles. The molecule has 2 rings (SSSR count). The number of aliphatic hydroxyl groups is 1. The molecular weight excluding hydrogens is 192 g/mol. The van der Waals surface area contributed by atoms with Crippen LogP contribution in [-0.2, 0) is 4.79 Å². The average molecular weight is 212 g/mol. The molecule has 3 heteroatoms. The smallest absolute Gasteiger partial charge is 0.300 e. The van der Waals surface area contributed by atoms with Gasteiger partial charge in [-0.05, 0) is 32.1 Å². The minimum atomic E-state index is -0.833. The number of aliphatic carboxylic acids is 1. The molecule has 0 radical (unpaired) electrons. The highest BCUT2D eigenvalue weighted by Crippen LogP contribution is 2.37. The zero-order valence-corrected chi connectivity index (χ0v) is 9.33. The maximum absolute atomic E-state index is 9.97. The molecule has 0 saturated heterocycles. The van der Waals surface area contributed by atoms with E-state index >= 15 is 0 Å². The number of rotatable bonds is 0. The normalized spacial score (nSPS) is 29.3. The molecule has 2 aliphatic carbocycles. The van der Waals surface area contributed by atoms with Crippen LogP contribution < -0.4 is 0 Å². The molecule has 0 aromatic carbocycles. The first-order valence-electron chi connectivity index (χ1n) is 5.62. The molecule has 1 unspecified atom stereocenters. The zero-order valence-electron chi connectivity index (χ0n) is 9.33. The van der Waals surface area contributed by atoms with Crippen LogP contribution in [0.15, 0.2) is 11.6 Å². The zero-order chi connectivity index (χ0) is 11.3. The number of carboxylic acids is 1. The summed E-state index contributed by atoms with van der Waals surface area (Å²) in [5, 5.41) is 17.4. The summed E-state index contributed by atoms with van der Waals surface area (Å²) >= 11 is 0. The van der Waals surface area contributed by atoms with Gasteiger partial charge in [-0.3, -0.25) is 4.79 Å². The summed E-state index contributed by atoms with van der Waals surface area (Å²) in [6.45, 7) is 1.08. The third kappa shape index (κ3) is 4.47. The monoisotopic (exact) mass is 212 g/mol. The predicted molar refractivity (Wildman–Crippen MR) is 58.7 cm³/mol. The molecule has 0 aromatic heterocycles. The van der Waals surface area contributed by atoms with Crippen molar-refractivity contribution in [3.8, 4) is 0 Å². The van der Waals surface area contributed by atoms with Crippen LogP contribution in [-0.4, -0.2) is 21.8 Å². The highest BCUT2D eigenvalue weighted by atomic mass is 16.4. The molecule has 3 nitrogen and oxygen atoms in total. The van der Waals surface area contributed by atoms with Crippen molar-refractivity contribution in [2.24, 2.45) is 0 Å². The Bertz CT molecular complexity index is 254.